The fourth-order valence-corrected chi connectivity index (χ4v) is 2.30. The zero-order chi connectivity index (χ0) is 13.1. The smallest absolute Gasteiger partial charge is 0.253 e. The van der Waals surface area contributed by atoms with Crippen LogP contribution in [0.5, 0.6) is 0 Å². The monoisotopic (exact) mass is 260 g/mol. The first-order valence-electron chi connectivity index (χ1n) is 4.88. The highest BCUT2D eigenvalue weighted by atomic mass is 32.2. The van der Waals surface area contributed by atoms with Gasteiger partial charge in [0, 0.05) is 18.5 Å². The number of aromatic nitrogens is 1. The third kappa shape index (κ3) is 4.90. The van der Waals surface area contributed by atoms with Gasteiger partial charge in [0.15, 0.2) is 0 Å². The van der Waals surface area contributed by atoms with E-state index in [1.165, 1.54) is 6.07 Å². The van der Waals surface area contributed by atoms with Crippen LogP contribution in [0.15, 0.2) is 18.3 Å². The summed E-state index contributed by atoms with van der Waals surface area (Å²) in [6.07, 6.45) is 2.19. The van der Waals surface area contributed by atoms with E-state index in [9.17, 15) is 17.6 Å². The third-order valence-electron chi connectivity index (χ3n) is 1.92. The molecule has 1 aromatic heterocycles. The Labute approximate surface area is 99.0 Å². The van der Waals surface area contributed by atoms with Crippen LogP contribution in [-0.4, -0.2) is 37.4 Å². The Kier molecular flexibility index (Phi) is 4.17. The average molecular weight is 260 g/mol. The van der Waals surface area contributed by atoms with Crippen molar-refractivity contribution in [1.29, 1.82) is 0 Å². The summed E-state index contributed by atoms with van der Waals surface area (Å²) < 4.78 is 34.5. The van der Waals surface area contributed by atoms with Crippen LogP contribution in [0.25, 0.3) is 0 Å². The summed E-state index contributed by atoms with van der Waals surface area (Å²) in [5, 5.41) is 2.49. The molecule has 1 amide bonds. The fourth-order valence-electron chi connectivity index (χ4n) is 1.31. The summed E-state index contributed by atoms with van der Waals surface area (Å²) in [6.45, 7) is 1.58. The molecule has 17 heavy (non-hydrogen) atoms. The zero-order valence-corrected chi connectivity index (χ0v) is 10.3. The van der Waals surface area contributed by atoms with Gasteiger partial charge >= 0.3 is 0 Å². The van der Waals surface area contributed by atoms with Gasteiger partial charge < -0.3 is 5.32 Å². The third-order valence-corrected chi connectivity index (χ3v) is 3.03. The molecule has 7 heteroatoms. The predicted octanol–water partition coefficient (Wildman–Crippen LogP) is 0.384. The number of carbonyl (C=O) groups excluding carboxylic acids is 1. The van der Waals surface area contributed by atoms with Gasteiger partial charge in [0.2, 0.25) is 5.95 Å². The van der Waals surface area contributed by atoms with Crippen molar-refractivity contribution in [2.45, 2.75) is 13.0 Å². The van der Waals surface area contributed by atoms with Crippen molar-refractivity contribution in [2.24, 2.45) is 0 Å². The molecule has 0 bridgehead atoms. The first-order chi connectivity index (χ1) is 7.78. The first kappa shape index (κ1) is 13.6. The molecule has 1 unspecified atom stereocenters. The molecule has 5 nitrogen and oxygen atoms in total. The lowest BCUT2D eigenvalue weighted by molar-refractivity contribution is 0.0943. The maximum absolute atomic E-state index is 12.5. The first-order valence-corrected chi connectivity index (χ1v) is 6.94. The van der Waals surface area contributed by atoms with Crippen molar-refractivity contribution >= 4 is 15.7 Å². The molecule has 0 saturated heterocycles. The number of amides is 1. The average Bonchev–Trinajstić information content (AvgIpc) is 2.15. The summed E-state index contributed by atoms with van der Waals surface area (Å²) >= 11 is 0. The van der Waals surface area contributed by atoms with Crippen LogP contribution < -0.4 is 5.32 Å². The topological polar surface area (TPSA) is 76.1 Å². The summed E-state index contributed by atoms with van der Waals surface area (Å²) in [5.74, 6) is -1.30. The van der Waals surface area contributed by atoms with Crippen LogP contribution in [0.3, 0.4) is 0 Å². The van der Waals surface area contributed by atoms with Crippen molar-refractivity contribution in [3.8, 4) is 0 Å². The Morgan fingerprint density at radius 3 is 2.65 bits per heavy atom. The van der Waals surface area contributed by atoms with Gasteiger partial charge in [0.1, 0.15) is 9.84 Å². The molecule has 0 aliphatic carbocycles. The molecule has 0 saturated carbocycles. The van der Waals surface area contributed by atoms with Crippen molar-refractivity contribution in [1.82, 2.24) is 10.3 Å². The van der Waals surface area contributed by atoms with Crippen molar-refractivity contribution in [3.05, 3.63) is 29.8 Å². The Bertz CT molecular complexity index is 499. The van der Waals surface area contributed by atoms with Gasteiger partial charge in [-0.05, 0) is 19.1 Å². The van der Waals surface area contributed by atoms with E-state index in [4.69, 9.17) is 0 Å². The minimum absolute atomic E-state index is 0.145. The van der Waals surface area contributed by atoms with E-state index in [1.807, 2.05) is 0 Å². The summed E-state index contributed by atoms with van der Waals surface area (Å²) in [7, 11) is -3.15. The lowest BCUT2D eigenvalue weighted by Crippen LogP contribution is -2.37. The number of sulfone groups is 1. The standard InChI is InChI=1S/C10H13FN2O3S/c1-7(6-17(2,15)16)13-10(14)8-3-4-9(11)12-5-8/h3-5,7H,6H2,1-2H3,(H,13,14). The molecule has 1 heterocycles. The van der Waals surface area contributed by atoms with E-state index < -0.39 is 27.7 Å². The van der Waals surface area contributed by atoms with Gasteiger partial charge in [0.25, 0.3) is 5.91 Å². The van der Waals surface area contributed by atoms with Crippen molar-refractivity contribution in [2.75, 3.05) is 12.0 Å². The molecule has 1 aromatic rings. The molecule has 1 rings (SSSR count). The Morgan fingerprint density at radius 2 is 2.18 bits per heavy atom. The van der Waals surface area contributed by atoms with Gasteiger partial charge in [0.05, 0.1) is 11.3 Å². The molecular weight excluding hydrogens is 247 g/mol. The predicted molar refractivity (Wildman–Crippen MR) is 60.8 cm³/mol. The van der Waals surface area contributed by atoms with Gasteiger partial charge in [-0.2, -0.15) is 4.39 Å². The second kappa shape index (κ2) is 5.22. The van der Waals surface area contributed by atoms with E-state index in [2.05, 4.69) is 10.3 Å². The molecular formula is C10H13FN2O3S. The lowest BCUT2D eigenvalue weighted by Gasteiger charge is -2.12. The van der Waals surface area contributed by atoms with E-state index in [1.54, 1.807) is 6.92 Å². The van der Waals surface area contributed by atoms with Crippen LogP contribution in [0, 0.1) is 5.95 Å². The molecule has 0 aromatic carbocycles. The molecule has 94 valence electrons. The largest absolute Gasteiger partial charge is 0.349 e. The van der Waals surface area contributed by atoms with Crippen LogP contribution in [-0.2, 0) is 9.84 Å². The molecule has 0 aliphatic heterocycles. The molecule has 1 N–H and O–H groups in total. The van der Waals surface area contributed by atoms with Crippen LogP contribution >= 0.6 is 0 Å². The zero-order valence-electron chi connectivity index (χ0n) is 9.47. The maximum Gasteiger partial charge on any atom is 0.253 e. The van der Waals surface area contributed by atoms with Gasteiger partial charge in [-0.15, -0.1) is 0 Å². The number of rotatable bonds is 4. The normalized spacial score (nSPS) is 13.1. The quantitative estimate of drug-likeness (QED) is 0.794. The number of nitrogens with zero attached hydrogens (tertiary/aromatic N) is 1. The van der Waals surface area contributed by atoms with Crippen molar-refractivity contribution < 1.29 is 17.6 Å². The Balaban J connectivity index is 2.63. The number of halogens is 1. The van der Waals surface area contributed by atoms with Gasteiger partial charge in [-0.1, -0.05) is 0 Å². The fraction of sp³-hybridized carbons (Fsp3) is 0.400. The molecule has 0 fully saturated rings. The summed E-state index contributed by atoms with van der Waals surface area (Å²) in [4.78, 5) is 14.9. The van der Waals surface area contributed by atoms with E-state index in [0.717, 1.165) is 18.5 Å². The number of hydrogen-bond acceptors (Lipinski definition) is 4. The van der Waals surface area contributed by atoms with Crippen LogP contribution in [0.1, 0.15) is 17.3 Å². The number of hydrogen-bond donors (Lipinski definition) is 1. The highest BCUT2D eigenvalue weighted by Gasteiger charge is 2.14. The molecule has 0 aliphatic rings. The minimum atomic E-state index is -3.15. The molecule has 0 spiro atoms. The van der Waals surface area contributed by atoms with E-state index in [-0.39, 0.29) is 11.3 Å². The van der Waals surface area contributed by atoms with Crippen LogP contribution in [0.4, 0.5) is 4.39 Å². The van der Waals surface area contributed by atoms with Gasteiger partial charge in [-0.25, -0.2) is 13.4 Å². The second-order valence-electron chi connectivity index (χ2n) is 3.84. The lowest BCUT2D eigenvalue weighted by atomic mass is 10.2. The van der Waals surface area contributed by atoms with E-state index in [0.29, 0.717) is 0 Å². The van der Waals surface area contributed by atoms with Crippen LogP contribution in [0.2, 0.25) is 0 Å². The molecule has 1 atom stereocenters. The SMILES string of the molecule is CC(CS(C)(=O)=O)NC(=O)c1ccc(F)nc1. The van der Waals surface area contributed by atoms with E-state index >= 15 is 0 Å². The van der Waals surface area contributed by atoms with Crippen molar-refractivity contribution in [3.63, 3.8) is 0 Å². The maximum atomic E-state index is 12.5. The number of carbonyl (C=O) groups is 1. The number of pyridine rings is 1. The highest BCUT2D eigenvalue weighted by Crippen LogP contribution is 2.00. The van der Waals surface area contributed by atoms with Gasteiger partial charge in [-0.3, -0.25) is 4.79 Å². The summed E-state index contributed by atoms with van der Waals surface area (Å²) in [5.41, 5.74) is 0.187. The Hall–Kier alpha value is -1.50. The highest BCUT2D eigenvalue weighted by molar-refractivity contribution is 7.90. The Morgan fingerprint density at radius 1 is 1.53 bits per heavy atom. The minimum Gasteiger partial charge on any atom is -0.349 e. The second-order valence-corrected chi connectivity index (χ2v) is 6.02. The molecule has 0 radical (unpaired) electrons. The summed E-state index contributed by atoms with van der Waals surface area (Å²) in [6, 6.07) is 1.84. The number of nitrogens with one attached hydrogen (secondary N) is 1.